The Morgan fingerprint density at radius 2 is 1.53 bits per heavy atom. The summed E-state index contributed by atoms with van der Waals surface area (Å²) in [6.07, 6.45) is 0. The number of aryl methyl sites for hydroxylation is 2. The Bertz CT molecular complexity index is 1360. The molecule has 3 amide bonds. The second-order valence-corrected chi connectivity index (χ2v) is 11.7. The van der Waals surface area contributed by atoms with E-state index < -0.39 is 27.0 Å². The number of carbonyl (C=O) groups is 3. The van der Waals surface area contributed by atoms with Gasteiger partial charge in [-0.05, 0) is 49.6 Å². The molecule has 0 spiro atoms. The first-order chi connectivity index (χ1) is 17.2. The number of sulfone groups is 1. The van der Waals surface area contributed by atoms with Crippen molar-refractivity contribution in [1.29, 1.82) is 0 Å². The Kier molecular flexibility index (Phi) is 7.56. The van der Waals surface area contributed by atoms with Crippen molar-refractivity contribution in [3.05, 3.63) is 87.6 Å². The number of thiophene rings is 1. The largest absolute Gasteiger partial charge is 0.336 e. The van der Waals surface area contributed by atoms with Crippen molar-refractivity contribution in [1.82, 2.24) is 15.1 Å². The summed E-state index contributed by atoms with van der Waals surface area (Å²) in [5.41, 5.74) is 2.41. The van der Waals surface area contributed by atoms with Crippen molar-refractivity contribution < 1.29 is 22.8 Å². The minimum atomic E-state index is -4.23. The Morgan fingerprint density at radius 3 is 2.14 bits per heavy atom. The number of hydrogen-bond donors (Lipinski definition) is 1. The third kappa shape index (κ3) is 5.50. The van der Waals surface area contributed by atoms with Gasteiger partial charge in [-0.25, -0.2) is 8.42 Å². The van der Waals surface area contributed by atoms with Gasteiger partial charge in [-0.1, -0.05) is 41.5 Å². The van der Waals surface area contributed by atoms with Gasteiger partial charge < -0.3 is 15.1 Å². The maximum atomic E-state index is 13.5. The fraction of sp³-hybridized carbons (Fsp3) is 0.269. The van der Waals surface area contributed by atoms with Gasteiger partial charge in [-0.3, -0.25) is 14.4 Å². The molecule has 0 unspecified atom stereocenters. The summed E-state index contributed by atoms with van der Waals surface area (Å²) < 4.78 is 27.0. The normalized spacial score (nSPS) is 14.8. The molecule has 0 saturated carbocycles. The maximum absolute atomic E-state index is 13.5. The fourth-order valence-electron chi connectivity index (χ4n) is 3.99. The maximum Gasteiger partial charge on any atom is 0.262 e. The van der Waals surface area contributed by atoms with Gasteiger partial charge in [0.15, 0.2) is 0 Å². The van der Waals surface area contributed by atoms with E-state index in [0.29, 0.717) is 10.4 Å². The number of nitrogens with zero attached hydrogens (tertiary/aromatic N) is 2. The molecule has 4 rings (SSSR count). The van der Waals surface area contributed by atoms with E-state index in [4.69, 9.17) is 0 Å². The summed E-state index contributed by atoms with van der Waals surface area (Å²) in [5, 5.41) is 2.36. The summed E-state index contributed by atoms with van der Waals surface area (Å²) in [6.45, 7) is 4.57. The lowest BCUT2D eigenvalue weighted by Gasteiger charge is -2.36. The minimum absolute atomic E-state index is 0.0498. The molecule has 2 heterocycles. The highest BCUT2D eigenvalue weighted by atomic mass is 32.2. The van der Waals surface area contributed by atoms with E-state index in [0.717, 1.165) is 22.5 Å². The number of piperazine rings is 1. The van der Waals surface area contributed by atoms with Crippen LogP contribution in [0, 0.1) is 13.8 Å². The van der Waals surface area contributed by atoms with Gasteiger partial charge in [0.1, 0.15) is 0 Å². The molecule has 1 saturated heterocycles. The topological polar surface area (TPSA) is 104 Å². The molecule has 36 heavy (non-hydrogen) atoms. The van der Waals surface area contributed by atoms with Crippen LogP contribution in [0.4, 0.5) is 0 Å². The van der Waals surface area contributed by atoms with Crippen LogP contribution < -0.4 is 5.32 Å². The Labute approximate surface area is 214 Å². The Balaban J connectivity index is 1.53. The van der Waals surface area contributed by atoms with Gasteiger partial charge in [0.25, 0.3) is 17.7 Å². The lowest BCUT2D eigenvalue weighted by molar-refractivity contribution is -0.132. The zero-order valence-electron chi connectivity index (χ0n) is 20.0. The molecular formula is C26H27N3O5S2. The summed E-state index contributed by atoms with van der Waals surface area (Å²) >= 11 is 1.16. The van der Waals surface area contributed by atoms with Crippen LogP contribution >= 0.6 is 11.3 Å². The summed E-state index contributed by atoms with van der Waals surface area (Å²) in [4.78, 5) is 42.5. The molecular weight excluding hydrogens is 498 g/mol. The van der Waals surface area contributed by atoms with Crippen LogP contribution in [-0.2, 0) is 14.6 Å². The molecule has 1 aliphatic rings. The number of rotatable bonds is 6. The first-order valence-corrected chi connectivity index (χ1v) is 13.9. The number of carbonyl (C=O) groups excluding carboxylic acids is 3. The van der Waals surface area contributed by atoms with Crippen LogP contribution in [0.3, 0.4) is 0 Å². The predicted octanol–water partition coefficient (Wildman–Crippen LogP) is 2.88. The summed E-state index contributed by atoms with van der Waals surface area (Å²) in [5.74, 6) is -1.49. The van der Waals surface area contributed by atoms with E-state index in [1.54, 1.807) is 40.6 Å². The highest BCUT2D eigenvalue weighted by molar-refractivity contribution is 7.92. The molecule has 8 nitrogen and oxygen atoms in total. The van der Waals surface area contributed by atoms with Gasteiger partial charge in [0, 0.05) is 31.7 Å². The third-order valence-electron chi connectivity index (χ3n) is 6.03. The monoisotopic (exact) mass is 525 g/mol. The quantitative estimate of drug-likeness (QED) is 0.533. The van der Waals surface area contributed by atoms with E-state index in [2.05, 4.69) is 5.32 Å². The second kappa shape index (κ2) is 10.6. The molecule has 0 bridgehead atoms. The summed E-state index contributed by atoms with van der Waals surface area (Å²) in [6, 6.07) is 16.7. The van der Waals surface area contributed by atoms with Crippen molar-refractivity contribution in [3.8, 4) is 0 Å². The molecule has 2 aromatic carbocycles. The Morgan fingerprint density at radius 1 is 0.861 bits per heavy atom. The molecule has 0 radical (unpaired) electrons. The minimum Gasteiger partial charge on any atom is -0.336 e. The van der Waals surface area contributed by atoms with E-state index in [1.165, 1.54) is 17.0 Å². The van der Waals surface area contributed by atoms with Crippen molar-refractivity contribution in [2.75, 3.05) is 26.2 Å². The number of nitrogens with one attached hydrogen (secondary N) is 1. The molecule has 0 aliphatic carbocycles. The molecule has 3 aromatic rings. The lowest BCUT2D eigenvalue weighted by Crippen LogP contribution is -2.57. The smallest absolute Gasteiger partial charge is 0.262 e. The zero-order valence-corrected chi connectivity index (χ0v) is 21.6. The van der Waals surface area contributed by atoms with Crippen LogP contribution in [0.5, 0.6) is 0 Å². The average molecular weight is 526 g/mol. The van der Waals surface area contributed by atoms with Crippen LogP contribution in [-0.4, -0.2) is 67.5 Å². The first-order valence-electron chi connectivity index (χ1n) is 11.5. The van der Waals surface area contributed by atoms with E-state index in [9.17, 15) is 22.8 Å². The van der Waals surface area contributed by atoms with Crippen molar-refractivity contribution in [2.45, 2.75) is 24.1 Å². The van der Waals surface area contributed by atoms with Crippen LogP contribution in [0.15, 0.2) is 70.9 Å². The third-order valence-corrected chi connectivity index (χ3v) is 8.77. The van der Waals surface area contributed by atoms with Gasteiger partial charge in [-0.15, -0.1) is 11.3 Å². The molecule has 188 valence electrons. The number of hydrogen-bond acceptors (Lipinski definition) is 6. The van der Waals surface area contributed by atoms with Crippen LogP contribution in [0.2, 0.25) is 0 Å². The van der Waals surface area contributed by atoms with Gasteiger partial charge in [0.05, 0.1) is 9.77 Å². The molecule has 1 aromatic heterocycles. The standard InChI is InChI=1S/C26H27N3O5S2/c1-18-8-10-21(11-9-18)36(33,34)24(27-23(30)22-7-4-16-35-22)26(32)29-14-12-28(13-15-29)25(31)20-6-3-5-19(2)17-20/h3-11,16-17,24H,12-15H2,1-2H3,(H,27,30)/t24-/m1/s1. The fourth-order valence-corrected chi connectivity index (χ4v) is 6.08. The number of amides is 3. The molecule has 1 N–H and O–H groups in total. The lowest BCUT2D eigenvalue weighted by atomic mass is 10.1. The van der Waals surface area contributed by atoms with Gasteiger partial charge >= 0.3 is 0 Å². The van der Waals surface area contributed by atoms with Crippen LogP contribution in [0.1, 0.15) is 31.2 Å². The van der Waals surface area contributed by atoms with Crippen molar-refractivity contribution in [3.63, 3.8) is 0 Å². The zero-order chi connectivity index (χ0) is 25.9. The summed E-state index contributed by atoms with van der Waals surface area (Å²) in [7, 11) is -4.23. The van der Waals surface area contributed by atoms with Crippen molar-refractivity contribution in [2.24, 2.45) is 0 Å². The predicted molar refractivity (Wildman–Crippen MR) is 138 cm³/mol. The van der Waals surface area contributed by atoms with Crippen molar-refractivity contribution >= 4 is 38.9 Å². The van der Waals surface area contributed by atoms with Crippen LogP contribution in [0.25, 0.3) is 0 Å². The van der Waals surface area contributed by atoms with E-state index in [-0.39, 0.29) is 37.0 Å². The van der Waals surface area contributed by atoms with E-state index in [1.807, 2.05) is 32.0 Å². The second-order valence-electron chi connectivity index (χ2n) is 8.68. The molecule has 1 aliphatic heterocycles. The highest BCUT2D eigenvalue weighted by Crippen LogP contribution is 2.20. The SMILES string of the molecule is Cc1ccc(S(=O)(=O)[C@@H](NC(=O)c2cccs2)C(=O)N2CCN(C(=O)c3cccc(C)c3)CC2)cc1. The highest BCUT2D eigenvalue weighted by Gasteiger charge is 2.39. The Hall–Kier alpha value is -3.50. The van der Waals surface area contributed by atoms with Gasteiger partial charge in [-0.2, -0.15) is 0 Å². The first kappa shape index (κ1) is 25.6. The van der Waals surface area contributed by atoms with Gasteiger partial charge in [0.2, 0.25) is 15.2 Å². The average Bonchev–Trinajstić information content (AvgIpc) is 3.42. The number of benzene rings is 2. The molecule has 10 heteroatoms. The molecule has 1 atom stereocenters. The van der Waals surface area contributed by atoms with E-state index >= 15 is 0 Å². The molecule has 1 fully saturated rings.